The number of rotatable bonds is 5. The number of furan rings is 1. The molecule has 5 rings (SSSR count). The van der Waals surface area contributed by atoms with Crippen molar-refractivity contribution in [2.24, 2.45) is 0 Å². The molecule has 0 spiro atoms. The van der Waals surface area contributed by atoms with E-state index in [-0.39, 0.29) is 16.7 Å². The Morgan fingerprint density at radius 3 is 2.44 bits per heavy atom. The smallest absolute Gasteiger partial charge is 0.296 e. The van der Waals surface area contributed by atoms with Crippen LogP contribution in [0.15, 0.2) is 70.3 Å². The van der Waals surface area contributed by atoms with Crippen LogP contribution in [0, 0.1) is 6.92 Å². The van der Waals surface area contributed by atoms with Gasteiger partial charge in [-0.2, -0.15) is 0 Å². The number of aromatic nitrogens is 1. The fraction of sp³-hybridized carbons (Fsp3) is 0.276. The minimum Gasteiger partial charge on any atom is -0.503 e. The average molecular weight is 501 g/mol. The third-order valence-electron chi connectivity index (χ3n) is 6.57. The summed E-state index contributed by atoms with van der Waals surface area (Å²) in [5.74, 6) is -1.09. The van der Waals surface area contributed by atoms with E-state index < -0.39 is 23.5 Å². The Morgan fingerprint density at radius 1 is 1.11 bits per heavy atom. The van der Waals surface area contributed by atoms with E-state index in [0.717, 1.165) is 22.2 Å². The van der Waals surface area contributed by atoms with Gasteiger partial charge in [0, 0.05) is 0 Å². The molecule has 36 heavy (non-hydrogen) atoms. The molecule has 0 saturated carbocycles. The molecule has 1 aliphatic rings. The van der Waals surface area contributed by atoms with Gasteiger partial charge in [0.15, 0.2) is 16.7 Å². The third-order valence-corrected chi connectivity index (χ3v) is 7.58. The lowest BCUT2D eigenvalue weighted by Crippen LogP contribution is -2.31. The number of aliphatic hydroxyl groups is 1. The van der Waals surface area contributed by atoms with E-state index >= 15 is 0 Å². The van der Waals surface area contributed by atoms with Crippen LogP contribution in [0.1, 0.15) is 66.7 Å². The number of thiazole rings is 1. The maximum atomic E-state index is 13.6. The fourth-order valence-corrected chi connectivity index (χ4v) is 5.54. The van der Waals surface area contributed by atoms with Gasteiger partial charge in [-0.05, 0) is 59.7 Å². The monoisotopic (exact) mass is 500 g/mol. The molecule has 1 aliphatic heterocycles. The number of nitrogens with zero attached hydrogens (tertiary/aromatic N) is 2. The highest BCUT2D eigenvalue weighted by Gasteiger charge is 2.46. The molecule has 3 heterocycles. The molecule has 7 heteroatoms. The number of hydrogen-bond donors (Lipinski definition) is 1. The molecule has 1 unspecified atom stereocenters. The van der Waals surface area contributed by atoms with Crippen molar-refractivity contribution in [1.29, 1.82) is 0 Å². The zero-order valence-corrected chi connectivity index (χ0v) is 21.8. The molecule has 0 saturated heterocycles. The number of amides is 1. The first-order chi connectivity index (χ1) is 17.1. The number of hydrogen-bond acceptors (Lipinski definition) is 6. The number of carbonyl (C=O) groups is 2. The first kappa shape index (κ1) is 24.0. The largest absolute Gasteiger partial charge is 0.503 e. The molecule has 4 aromatic rings. The maximum Gasteiger partial charge on any atom is 0.296 e. The number of benzene rings is 2. The van der Waals surface area contributed by atoms with Crippen molar-refractivity contribution in [1.82, 2.24) is 4.98 Å². The number of anilines is 1. The molecule has 2 aromatic heterocycles. The lowest BCUT2D eigenvalue weighted by molar-refractivity contribution is -0.117. The van der Waals surface area contributed by atoms with Gasteiger partial charge in [-0.3, -0.25) is 14.5 Å². The number of Topliss-reactive ketones (excluding diaryl/α,β-unsaturated/α-hetero) is 1. The van der Waals surface area contributed by atoms with Crippen molar-refractivity contribution >= 4 is 38.4 Å². The molecule has 0 aliphatic carbocycles. The molecule has 184 valence electrons. The molecule has 0 bridgehead atoms. The van der Waals surface area contributed by atoms with Gasteiger partial charge in [-0.1, -0.05) is 69.4 Å². The van der Waals surface area contributed by atoms with Crippen molar-refractivity contribution < 1.29 is 19.1 Å². The van der Waals surface area contributed by atoms with E-state index in [4.69, 9.17) is 9.40 Å². The zero-order chi connectivity index (χ0) is 25.8. The molecular weight excluding hydrogens is 472 g/mol. The normalized spacial score (nSPS) is 16.4. The van der Waals surface area contributed by atoms with Crippen molar-refractivity contribution in [2.75, 3.05) is 4.90 Å². The van der Waals surface area contributed by atoms with E-state index in [1.54, 1.807) is 19.1 Å². The molecular formula is C29H28N2O4S. The molecule has 2 aromatic carbocycles. The first-order valence-corrected chi connectivity index (χ1v) is 12.8. The van der Waals surface area contributed by atoms with Gasteiger partial charge >= 0.3 is 0 Å². The van der Waals surface area contributed by atoms with Crippen molar-refractivity contribution in [2.45, 2.75) is 52.5 Å². The first-order valence-electron chi connectivity index (χ1n) is 12.0. The van der Waals surface area contributed by atoms with Crippen molar-refractivity contribution in [3.63, 3.8) is 0 Å². The van der Waals surface area contributed by atoms with Crippen LogP contribution in [-0.2, 0) is 16.6 Å². The molecule has 1 atom stereocenters. The second-order valence-electron chi connectivity index (χ2n) is 10.1. The number of fused-ring (bicyclic) bond motifs is 1. The number of carbonyl (C=O) groups excluding carboxylic acids is 2. The van der Waals surface area contributed by atoms with Crippen molar-refractivity contribution in [3.8, 4) is 0 Å². The zero-order valence-electron chi connectivity index (χ0n) is 21.0. The van der Waals surface area contributed by atoms with Gasteiger partial charge in [0.1, 0.15) is 5.76 Å². The Hall–Kier alpha value is -3.71. The number of aliphatic hydroxyl groups excluding tert-OH is 1. The minimum atomic E-state index is -0.837. The summed E-state index contributed by atoms with van der Waals surface area (Å²) < 4.78 is 6.51. The second kappa shape index (κ2) is 8.75. The van der Waals surface area contributed by atoms with Crippen LogP contribution in [-0.4, -0.2) is 21.8 Å². The van der Waals surface area contributed by atoms with Crippen LogP contribution in [0.5, 0.6) is 0 Å². The van der Waals surface area contributed by atoms with E-state index in [1.165, 1.54) is 21.8 Å². The Balaban J connectivity index is 1.66. The fourth-order valence-electron chi connectivity index (χ4n) is 4.48. The Kier molecular flexibility index (Phi) is 5.83. The van der Waals surface area contributed by atoms with Gasteiger partial charge in [0.2, 0.25) is 5.78 Å². The Morgan fingerprint density at radius 2 is 1.83 bits per heavy atom. The highest BCUT2D eigenvalue weighted by atomic mass is 32.1. The van der Waals surface area contributed by atoms with Gasteiger partial charge < -0.3 is 9.52 Å². The standard InChI is InChI=1S/C29H28N2O4S/c1-6-17-8-13-20-22(15-17)36-28(30-20)31-24(18-9-11-19(12-10-18)29(3,4)5)23(26(33)27(31)34)25(32)21-14-7-16(2)35-21/h7-15,24,33H,6H2,1-5H3. The maximum absolute atomic E-state index is 13.6. The van der Waals surface area contributed by atoms with Crippen molar-refractivity contribution in [3.05, 3.63) is 94.1 Å². The quantitative estimate of drug-likeness (QED) is 0.303. The molecule has 6 nitrogen and oxygen atoms in total. The summed E-state index contributed by atoms with van der Waals surface area (Å²) in [5, 5.41) is 11.4. The van der Waals surface area contributed by atoms with Gasteiger partial charge in [0.25, 0.3) is 5.91 Å². The summed E-state index contributed by atoms with van der Waals surface area (Å²) in [6.45, 7) is 10.2. The number of ketones is 1. The highest BCUT2D eigenvalue weighted by molar-refractivity contribution is 7.22. The van der Waals surface area contributed by atoms with E-state index in [9.17, 15) is 14.7 Å². The van der Waals surface area contributed by atoms with E-state index in [1.807, 2.05) is 36.4 Å². The highest BCUT2D eigenvalue weighted by Crippen LogP contribution is 2.44. The minimum absolute atomic E-state index is 0.00800. The summed E-state index contributed by atoms with van der Waals surface area (Å²) in [7, 11) is 0. The molecule has 0 fully saturated rings. The van der Waals surface area contributed by atoms with Gasteiger partial charge in [-0.15, -0.1) is 0 Å². The molecule has 0 radical (unpaired) electrons. The van der Waals surface area contributed by atoms with Crippen LogP contribution in [0.25, 0.3) is 10.2 Å². The van der Waals surface area contributed by atoms with E-state index in [2.05, 4.69) is 33.8 Å². The summed E-state index contributed by atoms with van der Waals surface area (Å²) in [5.41, 5.74) is 3.70. The summed E-state index contributed by atoms with van der Waals surface area (Å²) in [4.78, 5) is 33.2. The average Bonchev–Trinajstić information content (AvgIpc) is 3.53. The second-order valence-corrected chi connectivity index (χ2v) is 11.1. The summed E-state index contributed by atoms with van der Waals surface area (Å²) in [6.07, 6.45) is 0.887. The third kappa shape index (κ3) is 4.03. The van der Waals surface area contributed by atoms with Crippen LogP contribution >= 0.6 is 11.3 Å². The number of aryl methyl sites for hydroxylation is 2. The van der Waals surface area contributed by atoms with Crippen LogP contribution in [0.4, 0.5) is 5.13 Å². The van der Waals surface area contributed by atoms with Crippen LogP contribution in [0.3, 0.4) is 0 Å². The lowest BCUT2D eigenvalue weighted by Gasteiger charge is -2.25. The molecule has 1 amide bonds. The van der Waals surface area contributed by atoms with Gasteiger partial charge in [-0.25, -0.2) is 4.98 Å². The van der Waals surface area contributed by atoms with Crippen LogP contribution in [0.2, 0.25) is 0 Å². The summed E-state index contributed by atoms with van der Waals surface area (Å²) in [6, 6.07) is 16.2. The Labute approximate surface area is 213 Å². The lowest BCUT2D eigenvalue weighted by atomic mass is 9.85. The molecule has 1 N–H and O–H groups in total. The summed E-state index contributed by atoms with van der Waals surface area (Å²) >= 11 is 1.37. The SMILES string of the molecule is CCc1ccc2nc(N3C(=O)C(O)=C(C(=O)c4ccc(C)o4)C3c3ccc(C(C)(C)C)cc3)sc2c1. The van der Waals surface area contributed by atoms with E-state index in [0.29, 0.717) is 16.5 Å². The Bertz CT molecular complexity index is 1520. The predicted molar refractivity (Wildman–Crippen MR) is 142 cm³/mol. The van der Waals surface area contributed by atoms with Gasteiger partial charge in [0.05, 0.1) is 21.8 Å². The topological polar surface area (TPSA) is 83.6 Å². The predicted octanol–water partition coefficient (Wildman–Crippen LogP) is 6.84. The van der Waals surface area contributed by atoms with Crippen LogP contribution < -0.4 is 4.90 Å².